The maximum absolute atomic E-state index is 3.64. The van der Waals surface area contributed by atoms with Crippen molar-refractivity contribution in [2.45, 2.75) is 51.4 Å². The highest BCUT2D eigenvalue weighted by Gasteiger charge is 2.20. The van der Waals surface area contributed by atoms with Gasteiger partial charge in [0, 0.05) is 45.6 Å². The first-order chi connectivity index (χ1) is 16.3. The molecule has 174 valence electrons. The van der Waals surface area contributed by atoms with E-state index < -0.39 is 0 Å². The Bertz CT molecular complexity index is 1190. The third-order valence-electron chi connectivity index (χ3n) is 7.27. The van der Waals surface area contributed by atoms with Gasteiger partial charge in [-0.15, -0.1) is 0 Å². The van der Waals surface area contributed by atoms with E-state index in [2.05, 4.69) is 74.7 Å². The first kappa shape index (κ1) is 22.1. The maximum atomic E-state index is 3.64. The van der Waals surface area contributed by atoms with Gasteiger partial charge in [-0.25, -0.2) is 0 Å². The van der Waals surface area contributed by atoms with Gasteiger partial charge in [0.15, 0.2) is 0 Å². The molecule has 4 heterocycles. The minimum Gasteiger partial charge on any atom is -0.361 e. The summed E-state index contributed by atoms with van der Waals surface area (Å²) in [6.45, 7) is 8.48. The van der Waals surface area contributed by atoms with Gasteiger partial charge in [-0.1, -0.05) is 19.9 Å². The molecule has 0 radical (unpaired) electrons. The zero-order valence-corrected chi connectivity index (χ0v) is 19.9. The molecule has 2 saturated heterocycles. The van der Waals surface area contributed by atoms with Crippen molar-refractivity contribution in [1.82, 2.24) is 20.6 Å². The zero-order valence-electron chi connectivity index (χ0n) is 19.9. The molecule has 2 aliphatic heterocycles. The van der Waals surface area contributed by atoms with Crippen molar-refractivity contribution in [3.05, 3.63) is 59.9 Å². The lowest BCUT2D eigenvalue weighted by atomic mass is 9.90. The number of aromatic nitrogens is 2. The van der Waals surface area contributed by atoms with Crippen LogP contribution in [0.5, 0.6) is 0 Å². The van der Waals surface area contributed by atoms with E-state index in [0.717, 1.165) is 37.6 Å². The van der Waals surface area contributed by atoms with E-state index in [4.69, 9.17) is 0 Å². The molecule has 2 aliphatic rings. The van der Waals surface area contributed by atoms with Crippen molar-refractivity contribution in [2.75, 3.05) is 31.5 Å². The highest BCUT2D eigenvalue weighted by molar-refractivity contribution is 5.90. The molecule has 0 atom stereocenters. The summed E-state index contributed by atoms with van der Waals surface area (Å²) in [5.41, 5.74) is 7.66. The predicted octanol–water partition coefficient (Wildman–Crippen LogP) is 6.35. The second kappa shape index (κ2) is 10.0. The van der Waals surface area contributed by atoms with E-state index in [1.54, 1.807) is 0 Å². The first-order valence-corrected chi connectivity index (χ1v) is 12.8. The van der Waals surface area contributed by atoms with Crippen LogP contribution in [0, 0.1) is 0 Å². The van der Waals surface area contributed by atoms with Gasteiger partial charge >= 0.3 is 0 Å². The molecule has 0 amide bonds. The van der Waals surface area contributed by atoms with Crippen LogP contribution in [0.1, 0.15) is 62.5 Å². The first-order valence-electron chi connectivity index (χ1n) is 12.8. The number of benzene rings is 2. The third-order valence-corrected chi connectivity index (χ3v) is 7.27. The average molecular weight is 444 g/mol. The average Bonchev–Trinajstić information content (AvgIpc) is 3.50. The molecule has 5 heteroatoms. The molecule has 6 rings (SSSR count). The molecule has 5 nitrogen and oxygen atoms in total. The third kappa shape index (κ3) is 4.53. The number of anilines is 2. The van der Waals surface area contributed by atoms with E-state index in [-0.39, 0.29) is 0 Å². The Labute approximate surface area is 196 Å². The molecule has 0 aliphatic carbocycles. The summed E-state index contributed by atoms with van der Waals surface area (Å²) in [7, 11) is 0. The largest absolute Gasteiger partial charge is 0.361 e. The lowest BCUT2D eigenvalue weighted by molar-refractivity contribution is 0.462. The molecule has 0 spiro atoms. The fourth-order valence-electron chi connectivity index (χ4n) is 5.55. The van der Waals surface area contributed by atoms with Gasteiger partial charge in [0.25, 0.3) is 0 Å². The number of aromatic amines is 2. The van der Waals surface area contributed by atoms with E-state index in [1.165, 1.54) is 58.6 Å². The van der Waals surface area contributed by atoms with Crippen LogP contribution in [0.15, 0.2) is 48.8 Å². The molecule has 5 N–H and O–H groups in total. The number of piperidine rings is 2. The van der Waals surface area contributed by atoms with Gasteiger partial charge in [0.05, 0.1) is 0 Å². The Balaban J connectivity index is 0.00000111. The summed E-state index contributed by atoms with van der Waals surface area (Å²) in [6, 6.07) is 13.4. The number of rotatable bonds is 4. The van der Waals surface area contributed by atoms with E-state index in [0.29, 0.717) is 11.8 Å². The van der Waals surface area contributed by atoms with Crippen LogP contribution in [0.4, 0.5) is 11.4 Å². The van der Waals surface area contributed by atoms with Gasteiger partial charge in [-0.3, -0.25) is 0 Å². The Morgan fingerprint density at radius 2 is 1.18 bits per heavy atom. The highest BCUT2D eigenvalue weighted by Crippen LogP contribution is 2.35. The van der Waals surface area contributed by atoms with Crippen molar-refractivity contribution in [1.29, 1.82) is 0 Å². The smallest absolute Gasteiger partial charge is 0.0477 e. The van der Waals surface area contributed by atoms with Gasteiger partial charge in [-0.2, -0.15) is 0 Å². The number of H-pyrrole nitrogens is 2. The van der Waals surface area contributed by atoms with Crippen LogP contribution < -0.4 is 16.0 Å². The summed E-state index contributed by atoms with van der Waals surface area (Å²) in [6.07, 6.45) is 9.33. The lowest BCUT2D eigenvalue weighted by Crippen LogP contribution is -2.26. The molecule has 0 bridgehead atoms. The van der Waals surface area contributed by atoms with Crippen LogP contribution in [-0.4, -0.2) is 36.1 Å². The number of nitrogens with one attached hydrogen (secondary N) is 5. The van der Waals surface area contributed by atoms with E-state index in [1.807, 2.05) is 13.8 Å². The molecule has 4 aromatic rings. The predicted molar refractivity (Wildman–Crippen MR) is 141 cm³/mol. The fourth-order valence-corrected chi connectivity index (χ4v) is 5.55. The van der Waals surface area contributed by atoms with Gasteiger partial charge < -0.3 is 25.9 Å². The summed E-state index contributed by atoms with van der Waals surface area (Å²) < 4.78 is 0. The topological polar surface area (TPSA) is 67.7 Å². The lowest BCUT2D eigenvalue weighted by Gasteiger charge is -2.22. The monoisotopic (exact) mass is 443 g/mol. The Morgan fingerprint density at radius 1 is 0.636 bits per heavy atom. The fraction of sp³-hybridized carbons (Fsp3) is 0.429. The van der Waals surface area contributed by atoms with E-state index in [9.17, 15) is 0 Å². The van der Waals surface area contributed by atoms with Crippen LogP contribution >= 0.6 is 0 Å². The maximum Gasteiger partial charge on any atom is 0.0477 e. The standard InChI is InChI=1S/C26H31N5.C2H6/c1-3-21-23(17-5-9-27-10-6-17)15-30-26(21)14-20(1)31-19-2-4-25-22(13-19)24(16-29-25)18-7-11-28-12-8-18;1-2/h1-4,13-18,27-31H,5-12H2;1-2H3. The minimum atomic E-state index is 0.647. The Hall–Kier alpha value is -2.76. The molecular weight excluding hydrogens is 406 g/mol. The van der Waals surface area contributed by atoms with Crippen molar-refractivity contribution >= 4 is 33.2 Å². The Kier molecular flexibility index (Phi) is 6.70. The number of hydrogen-bond donors (Lipinski definition) is 5. The van der Waals surface area contributed by atoms with E-state index >= 15 is 0 Å². The summed E-state index contributed by atoms with van der Waals surface area (Å²) in [5, 5.41) is 13.3. The molecule has 2 fully saturated rings. The molecular formula is C28H37N5. The molecule has 2 aromatic carbocycles. The van der Waals surface area contributed by atoms with Gasteiger partial charge in [0.2, 0.25) is 0 Å². The quantitative estimate of drug-likeness (QED) is 0.255. The van der Waals surface area contributed by atoms with Crippen LogP contribution in [0.2, 0.25) is 0 Å². The zero-order chi connectivity index (χ0) is 22.6. The van der Waals surface area contributed by atoms with Gasteiger partial charge in [0.1, 0.15) is 0 Å². The van der Waals surface area contributed by atoms with Crippen molar-refractivity contribution in [3.63, 3.8) is 0 Å². The van der Waals surface area contributed by atoms with Crippen LogP contribution in [-0.2, 0) is 0 Å². The van der Waals surface area contributed by atoms with Crippen molar-refractivity contribution < 1.29 is 0 Å². The minimum absolute atomic E-state index is 0.647. The summed E-state index contributed by atoms with van der Waals surface area (Å²) >= 11 is 0. The van der Waals surface area contributed by atoms with Crippen molar-refractivity contribution in [2.24, 2.45) is 0 Å². The summed E-state index contributed by atoms with van der Waals surface area (Å²) in [5.74, 6) is 1.31. The normalized spacial score (nSPS) is 17.8. The Morgan fingerprint density at radius 3 is 1.85 bits per heavy atom. The van der Waals surface area contributed by atoms with Crippen LogP contribution in [0.25, 0.3) is 21.8 Å². The van der Waals surface area contributed by atoms with Crippen LogP contribution in [0.3, 0.4) is 0 Å². The second-order valence-electron chi connectivity index (χ2n) is 9.18. The molecule has 2 aromatic heterocycles. The molecule has 0 saturated carbocycles. The SMILES string of the molecule is CC.c1cc2c(C3CCNCC3)c[nH]c2cc1Nc1ccc2[nH]cc(C3CCNCC3)c2c1. The number of fused-ring (bicyclic) bond motifs is 2. The highest BCUT2D eigenvalue weighted by atomic mass is 14.9. The summed E-state index contributed by atoms with van der Waals surface area (Å²) in [4.78, 5) is 6.99. The van der Waals surface area contributed by atoms with Crippen molar-refractivity contribution in [3.8, 4) is 0 Å². The molecule has 0 unspecified atom stereocenters. The second-order valence-corrected chi connectivity index (χ2v) is 9.18. The molecule has 33 heavy (non-hydrogen) atoms. The van der Waals surface area contributed by atoms with Gasteiger partial charge in [-0.05, 0) is 105 Å². The number of hydrogen-bond acceptors (Lipinski definition) is 3.